The summed E-state index contributed by atoms with van der Waals surface area (Å²) in [4.78, 5) is 20.7. The van der Waals surface area contributed by atoms with Crippen LogP contribution < -0.4 is 0 Å². The van der Waals surface area contributed by atoms with Gasteiger partial charge in [0, 0.05) is 0 Å². The average molecular weight is 214 g/mol. The monoisotopic (exact) mass is 214 g/mol. The molecule has 0 N–H and O–H groups in total. The summed E-state index contributed by atoms with van der Waals surface area (Å²) in [6.45, 7) is 4.86. The maximum absolute atomic E-state index is 10.4. The smallest absolute Gasteiger partial charge is 0.293 e. The van der Waals surface area contributed by atoms with E-state index in [-0.39, 0.29) is 12.2 Å². The van der Waals surface area contributed by atoms with E-state index in [1.54, 1.807) is 0 Å². The van der Waals surface area contributed by atoms with Crippen molar-refractivity contribution in [3.05, 3.63) is 0 Å². The largest absolute Gasteiger partial charge is 0.458 e. The van der Waals surface area contributed by atoms with Crippen LogP contribution in [0.5, 0.6) is 0 Å². The molecule has 0 saturated carbocycles. The maximum atomic E-state index is 10.4. The highest BCUT2D eigenvalue weighted by molar-refractivity contribution is 5.40. The number of ether oxygens (including phenoxy) is 3. The molecule has 2 aliphatic heterocycles. The molecule has 2 bridgehead atoms. The third-order valence-electron chi connectivity index (χ3n) is 3.58. The Morgan fingerprint density at radius 3 is 1.67 bits per heavy atom. The first-order valence-corrected chi connectivity index (χ1v) is 5.04. The molecule has 0 aromatic heterocycles. The van der Waals surface area contributed by atoms with Crippen LogP contribution in [0.3, 0.4) is 0 Å². The second-order valence-corrected chi connectivity index (χ2v) is 4.18. The van der Waals surface area contributed by atoms with Crippen LogP contribution in [0.2, 0.25) is 0 Å². The van der Waals surface area contributed by atoms with Gasteiger partial charge in [0.2, 0.25) is 0 Å². The lowest BCUT2D eigenvalue weighted by Gasteiger charge is -2.32. The van der Waals surface area contributed by atoms with Gasteiger partial charge < -0.3 is 14.2 Å². The highest BCUT2D eigenvalue weighted by Gasteiger charge is 2.59. The third kappa shape index (κ3) is 1.42. The Morgan fingerprint density at radius 2 is 1.33 bits per heavy atom. The van der Waals surface area contributed by atoms with Crippen LogP contribution in [-0.2, 0) is 23.8 Å². The van der Waals surface area contributed by atoms with E-state index in [0.717, 1.165) is 0 Å². The summed E-state index contributed by atoms with van der Waals surface area (Å²) in [5, 5.41) is 0. The van der Waals surface area contributed by atoms with Crippen LogP contribution in [0, 0.1) is 11.8 Å². The highest BCUT2D eigenvalue weighted by atomic mass is 16.6. The lowest BCUT2D eigenvalue weighted by atomic mass is 9.78. The molecular weight excluding hydrogens is 200 g/mol. The van der Waals surface area contributed by atoms with Crippen molar-refractivity contribution in [2.24, 2.45) is 11.8 Å². The van der Waals surface area contributed by atoms with Gasteiger partial charge in [-0.25, -0.2) is 0 Å². The number of carbonyl (C=O) groups is 2. The van der Waals surface area contributed by atoms with Gasteiger partial charge in [0.25, 0.3) is 12.9 Å². The molecule has 0 aliphatic carbocycles. The zero-order valence-electron chi connectivity index (χ0n) is 8.66. The molecule has 5 heteroatoms. The molecule has 2 saturated heterocycles. The molecule has 0 amide bonds. The van der Waals surface area contributed by atoms with Gasteiger partial charge in [0.05, 0.1) is 0 Å². The van der Waals surface area contributed by atoms with Crippen LogP contribution in [0.4, 0.5) is 0 Å². The minimum atomic E-state index is -0.455. The standard InChI is InChI=1S/C10H14O5/c1-5-6(2)8-10(14-4-12)9(13-3-11)7(5)15-8/h3-10H,1-2H3. The van der Waals surface area contributed by atoms with Gasteiger partial charge in [-0.1, -0.05) is 13.8 Å². The number of hydrogen-bond donors (Lipinski definition) is 0. The van der Waals surface area contributed by atoms with Crippen molar-refractivity contribution >= 4 is 12.9 Å². The fraction of sp³-hybridized carbons (Fsp3) is 0.800. The molecule has 6 atom stereocenters. The summed E-state index contributed by atoms with van der Waals surface area (Å²) in [6.07, 6.45) is -1.21. The summed E-state index contributed by atoms with van der Waals surface area (Å²) in [5.74, 6) is 0.623. The van der Waals surface area contributed by atoms with Gasteiger partial charge in [-0.3, -0.25) is 9.59 Å². The third-order valence-corrected chi connectivity index (χ3v) is 3.58. The SMILES string of the molecule is CC1C(C)C2OC1C(OC=O)C2OC=O. The molecule has 2 aliphatic rings. The maximum Gasteiger partial charge on any atom is 0.293 e. The Kier molecular flexibility index (Phi) is 2.65. The molecule has 5 nitrogen and oxygen atoms in total. The van der Waals surface area contributed by atoms with E-state index in [1.807, 2.05) is 13.8 Å². The Hall–Kier alpha value is -1.10. The molecule has 2 heterocycles. The van der Waals surface area contributed by atoms with E-state index in [9.17, 15) is 9.59 Å². The van der Waals surface area contributed by atoms with Crippen LogP contribution >= 0.6 is 0 Å². The first kappa shape index (κ1) is 10.4. The second-order valence-electron chi connectivity index (χ2n) is 4.18. The van der Waals surface area contributed by atoms with E-state index < -0.39 is 12.2 Å². The first-order valence-electron chi connectivity index (χ1n) is 5.04. The van der Waals surface area contributed by atoms with Crippen LogP contribution in [0.25, 0.3) is 0 Å². The van der Waals surface area contributed by atoms with Gasteiger partial charge in [0.15, 0.2) is 12.2 Å². The average Bonchev–Trinajstić information content (AvgIpc) is 2.69. The number of carbonyl (C=O) groups excluding carboxylic acids is 2. The molecular formula is C10H14O5. The molecule has 2 rings (SSSR count). The predicted octanol–water partition coefficient (Wildman–Crippen LogP) is 0.123. The minimum Gasteiger partial charge on any atom is -0.458 e. The van der Waals surface area contributed by atoms with E-state index in [4.69, 9.17) is 14.2 Å². The van der Waals surface area contributed by atoms with Gasteiger partial charge in [0.1, 0.15) is 12.2 Å². The second kappa shape index (κ2) is 3.81. The summed E-state index contributed by atoms with van der Waals surface area (Å²) in [5.41, 5.74) is 0. The fourth-order valence-electron chi connectivity index (χ4n) is 2.59. The van der Waals surface area contributed by atoms with E-state index in [0.29, 0.717) is 24.8 Å². The Balaban J connectivity index is 2.16. The Bertz CT molecular complexity index is 241. The van der Waals surface area contributed by atoms with Crippen LogP contribution in [0.15, 0.2) is 0 Å². The van der Waals surface area contributed by atoms with E-state index in [1.165, 1.54) is 0 Å². The van der Waals surface area contributed by atoms with Gasteiger partial charge >= 0.3 is 0 Å². The minimum absolute atomic E-state index is 0.153. The number of fused-ring (bicyclic) bond motifs is 2. The summed E-state index contributed by atoms with van der Waals surface area (Å²) < 4.78 is 15.5. The molecule has 0 spiro atoms. The molecule has 15 heavy (non-hydrogen) atoms. The molecule has 0 radical (unpaired) electrons. The molecule has 6 unspecified atom stereocenters. The Labute approximate surface area is 87.7 Å². The molecule has 0 aromatic rings. The van der Waals surface area contributed by atoms with Gasteiger partial charge in [-0.2, -0.15) is 0 Å². The van der Waals surface area contributed by atoms with Crippen molar-refractivity contribution < 1.29 is 23.8 Å². The van der Waals surface area contributed by atoms with E-state index in [2.05, 4.69) is 0 Å². The normalized spacial score (nSPS) is 47.6. The Morgan fingerprint density at radius 1 is 0.933 bits per heavy atom. The summed E-state index contributed by atoms with van der Waals surface area (Å²) in [7, 11) is 0. The summed E-state index contributed by atoms with van der Waals surface area (Å²) in [6, 6.07) is 0. The van der Waals surface area contributed by atoms with Crippen molar-refractivity contribution in [2.45, 2.75) is 38.3 Å². The lowest BCUT2D eigenvalue weighted by molar-refractivity contribution is -0.154. The number of hydrogen-bond acceptors (Lipinski definition) is 5. The van der Waals surface area contributed by atoms with Crippen molar-refractivity contribution in [1.29, 1.82) is 0 Å². The summed E-state index contributed by atoms with van der Waals surface area (Å²) >= 11 is 0. The molecule has 0 aromatic carbocycles. The van der Waals surface area contributed by atoms with Crippen molar-refractivity contribution in [3.63, 3.8) is 0 Å². The zero-order chi connectivity index (χ0) is 11.0. The fourth-order valence-corrected chi connectivity index (χ4v) is 2.59. The quantitative estimate of drug-likeness (QED) is 0.622. The van der Waals surface area contributed by atoms with Crippen molar-refractivity contribution in [3.8, 4) is 0 Å². The first-order chi connectivity index (χ1) is 7.20. The van der Waals surface area contributed by atoms with Crippen LogP contribution in [0.1, 0.15) is 13.8 Å². The number of rotatable bonds is 4. The highest BCUT2D eigenvalue weighted by Crippen LogP contribution is 2.45. The topological polar surface area (TPSA) is 61.8 Å². The predicted molar refractivity (Wildman–Crippen MR) is 48.9 cm³/mol. The van der Waals surface area contributed by atoms with E-state index >= 15 is 0 Å². The van der Waals surface area contributed by atoms with Crippen molar-refractivity contribution in [2.75, 3.05) is 0 Å². The van der Waals surface area contributed by atoms with Gasteiger partial charge in [-0.15, -0.1) is 0 Å². The lowest BCUT2D eigenvalue weighted by Crippen LogP contribution is -2.47. The van der Waals surface area contributed by atoms with Crippen LogP contribution in [-0.4, -0.2) is 37.4 Å². The molecule has 2 fully saturated rings. The van der Waals surface area contributed by atoms with Gasteiger partial charge in [-0.05, 0) is 11.8 Å². The van der Waals surface area contributed by atoms with Crippen molar-refractivity contribution in [1.82, 2.24) is 0 Å². The molecule has 84 valence electrons. The zero-order valence-corrected chi connectivity index (χ0v) is 8.66.